The van der Waals surface area contributed by atoms with Crippen molar-refractivity contribution in [2.24, 2.45) is 0 Å². The monoisotopic (exact) mass is 248 g/mol. The second-order valence-electron chi connectivity index (χ2n) is 2.59. The van der Waals surface area contributed by atoms with Gasteiger partial charge in [-0.2, -0.15) is 0 Å². The van der Waals surface area contributed by atoms with Crippen molar-refractivity contribution in [2.75, 3.05) is 12.5 Å². The molecule has 0 amide bonds. The van der Waals surface area contributed by atoms with Gasteiger partial charge in [0.1, 0.15) is 0 Å². The van der Waals surface area contributed by atoms with E-state index in [2.05, 4.69) is 15.9 Å². The van der Waals surface area contributed by atoms with Gasteiger partial charge in [-0.3, -0.25) is 0 Å². The van der Waals surface area contributed by atoms with E-state index in [1.54, 1.807) is 0 Å². The summed E-state index contributed by atoms with van der Waals surface area (Å²) < 4.78 is 1.02. The molecule has 1 aromatic carbocycles. The molecule has 3 heteroatoms. The Kier molecular flexibility index (Phi) is 4.06. The Morgan fingerprint density at radius 1 is 1.50 bits per heavy atom. The lowest BCUT2D eigenvalue weighted by atomic mass is 10.0. The minimum atomic E-state index is 0.0455. The third-order valence-corrected chi connectivity index (χ3v) is 2.59. The lowest BCUT2D eigenvalue weighted by molar-refractivity contribution is 0.274. The van der Waals surface area contributed by atoms with Crippen LogP contribution in [0.15, 0.2) is 28.7 Å². The van der Waals surface area contributed by atoms with Gasteiger partial charge in [0, 0.05) is 16.3 Å². The number of rotatable bonds is 3. The van der Waals surface area contributed by atoms with Gasteiger partial charge in [-0.25, -0.2) is 0 Å². The van der Waals surface area contributed by atoms with Crippen molar-refractivity contribution >= 4 is 27.5 Å². The fraction of sp³-hybridized carbons (Fsp3) is 0.333. The second-order valence-corrected chi connectivity index (χ2v) is 3.81. The van der Waals surface area contributed by atoms with Gasteiger partial charge in [0.2, 0.25) is 0 Å². The largest absolute Gasteiger partial charge is 0.396 e. The highest BCUT2D eigenvalue weighted by molar-refractivity contribution is 9.10. The number of aliphatic hydroxyl groups excluding tert-OH is 1. The van der Waals surface area contributed by atoms with E-state index >= 15 is 0 Å². The second kappa shape index (κ2) is 4.85. The third kappa shape index (κ3) is 2.47. The van der Waals surface area contributed by atoms with E-state index in [-0.39, 0.29) is 12.5 Å². The van der Waals surface area contributed by atoms with Crippen LogP contribution in [0, 0.1) is 0 Å². The van der Waals surface area contributed by atoms with Crippen LogP contribution in [0.4, 0.5) is 0 Å². The van der Waals surface area contributed by atoms with Crippen LogP contribution in [0.25, 0.3) is 0 Å². The van der Waals surface area contributed by atoms with E-state index in [9.17, 15) is 0 Å². The molecule has 0 saturated carbocycles. The van der Waals surface area contributed by atoms with Crippen LogP contribution < -0.4 is 0 Å². The minimum absolute atomic E-state index is 0.0455. The molecule has 1 atom stereocenters. The molecule has 1 unspecified atom stereocenters. The Bertz CT molecular complexity index is 248. The quantitative estimate of drug-likeness (QED) is 0.817. The molecule has 66 valence electrons. The smallest absolute Gasteiger partial charge is 0.0511 e. The van der Waals surface area contributed by atoms with Crippen LogP contribution in [0.2, 0.25) is 0 Å². The summed E-state index contributed by atoms with van der Waals surface area (Å²) in [5.74, 6) is 0.497. The van der Waals surface area contributed by atoms with E-state index in [1.807, 2.05) is 24.3 Å². The number of alkyl halides is 1. The molecule has 0 bridgehead atoms. The normalized spacial score (nSPS) is 12.9. The summed E-state index contributed by atoms with van der Waals surface area (Å²) in [7, 11) is 0. The Balaban J connectivity index is 2.85. The van der Waals surface area contributed by atoms with E-state index in [4.69, 9.17) is 16.7 Å². The lowest BCUT2D eigenvalue weighted by Gasteiger charge is -2.10. The summed E-state index contributed by atoms with van der Waals surface area (Å²) in [6, 6.07) is 7.83. The third-order valence-electron chi connectivity index (χ3n) is 1.73. The topological polar surface area (TPSA) is 20.2 Å². The van der Waals surface area contributed by atoms with Gasteiger partial charge in [-0.1, -0.05) is 28.1 Å². The molecule has 1 aromatic rings. The maximum atomic E-state index is 8.97. The maximum absolute atomic E-state index is 8.97. The van der Waals surface area contributed by atoms with Crippen LogP contribution in [0.3, 0.4) is 0 Å². The van der Waals surface area contributed by atoms with Gasteiger partial charge >= 0.3 is 0 Å². The molecule has 1 rings (SSSR count). The van der Waals surface area contributed by atoms with Gasteiger partial charge in [0.25, 0.3) is 0 Å². The highest BCUT2D eigenvalue weighted by atomic mass is 79.9. The number of aliphatic hydroxyl groups is 1. The minimum Gasteiger partial charge on any atom is -0.396 e. The summed E-state index contributed by atoms with van der Waals surface area (Å²) in [5, 5.41) is 8.97. The Hall–Kier alpha value is -0.0500. The van der Waals surface area contributed by atoms with Gasteiger partial charge in [0.15, 0.2) is 0 Å². The van der Waals surface area contributed by atoms with Crippen LogP contribution in [0.5, 0.6) is 0 Å². The van der Waals surface area contributed by atoms with E-state index in [0.717, 1.165) is 10.0 Å². The molecule has 0 aliphatic carbocycles. The molecule has 12 heavy (non-hydrogen) atoms. The first-order valence-electron chi connectivity index (χ1n) is 3.70. The molecular weight excluding hydrogens is 239 g/mol. The predicted octanol–water partition coefficient (Wildman–Crippen LogP) is 2.76. The molecule has 0 aromatic heterocycles. The van der Waals surface area contributed by atoms with Crippen LogP contribution in [-0.2, 0) is 0 Å². The van der Waals surface area contributed by atoms with Crippen molar-refractivity contribution in [1.29, 1.82) is 0 Å². The standard InChI is InChI=1S/C9H10BrClO/c10-9-3-1-2-7(4-9)8(5-11)6-12/h1-4,8,12H,5-6H2. The van der Waals surface area contributed by atoms with Crippen molar-refractivity contribution < 1.29 is 5.11 Å². The first kappa shape index (κ1) is 10.0. The molecule has 0 spiro atoms. The summed E-state index contributed by atoms with van der Waals surface area (Å²) in [4.78, 5) is 0. The summed E-state index contributed by atoms with van der Waals surface area (Å²) in [5.41, 5.74) is 1.07. The maximum Gasteiger partial charge on any atom is 0.0511 e. The van der Waals surface area contributed by atoms with Crippen LogP contribution >= 0.6 is 27.5 Å². The molecule has 0 heterocycles. The molecule has 1 nitrogen and oxygen atoms in total. The van der Waals surface area contributed by atoms with Gasteiger partial charge in [-0.15, -0.1) is 11.6 Å². The molecule has 0 aliphatic heterocycles. The fourth-order valence-corrected chi connectivity index (χ4v) is 1.70. The molecule has 0 fully saturated rings. The zero-order valence-electron chi connectivity index (χ0n) is 6.50. The molecule has 1 N–H and O–H groups in total. The van der Waals surface area contributed by atoms with Crippen molar-refractivity contribution in [3.63, 3.8) is 0 Å². The summed E-state index contributed by atoms with van der Waals surface area (Å²) >= 11 is 9.04. The van der Waals surface area contributed by atoms with Gasteiger partial charge in [0.05, 0.1) is 6.61 Å². The Morgan fingerprint density at radius 3 is 2.75 bits per heavy atom. The molecular formula is C9H10BrClO. The molecule has 0 saturated heterocycles. The highest BCUT2D eigenvalue weighted by Gasteiger charge is 2.08. The number of halogens is 2. The summed E-state index contributed by atoms with van der Waals surface area (Å²) in [6.07, 6.45) is 0. The van der Waals surface area contributed by atoms with Crippen molar-refractivity contribution in [3.8, 4) is 0 Å². The number of hydrogen-bond donors (Lipinski definition) is 1. The summed E-state index contributed by atoms with van der Waals surface area (Å²) in [6.45, 7) is 0.0972. The Labute approximate surface area is 85.5 Å². The molecule has 0 radical (unpaired) electrons. The van der Waals surface area contributed by atoms with E-state index < -0.39 is 0 Å². The predicted molar refractivity (Wildman–Crippen MR) is 54.7 cm³/mol. The number of hydrogen-bond acceptors (Lipinski definition) is 1. The first-order valence-corrected chi connectivity index (χ1v) is 5.03. The van der Waals surface area contributed by atoms with Crippen molar-refractivity contribution in [2.45, 2.75) is 5.92 Å². The van der Waals surface area contributed by atoms with Gasteiger partial charge < -0.3 is 5.11 Å². The Morgan fingerprint density at radius 2 is 2.25 bits per heavy atom. The van der Waals surface area contributed by atoms with Gasteiger partial charge in [-0.05, 0) is 17.7 Å². The van der Waals surface area contributed by atoms with Crippen molar-refractivity contribution in [1.82, 2.24) is 0 Å². The highest BCUT2D eigenvalue weighted by Crippen LogP contribution is 2.20. The lowest BCUT2D eigenvalue weighted by Crippen LogP contribution is -2.05. The van der Waals surface area contributed by atoms with Crippen LogP contribution in [0.1, 0.15) is 11.5 Å². The zero-order chi connectivity index (χ0) is 8.97. The zero-order valence-corrected chi connectivity index (χ0v) is 8.85. The number of benzene rings is 1. The van der Waals surface area contributed by atoms with Crippen molar-refractivity contribution in [3.05, 3.63) is 34.3 Å². The van der Waals surface area contributed by atoms with E-state index in [1.165, 1.54) is 0 Å². The SMILES string of the molecule is OCC(CCl)c1cccc(Br)c1. The van der Waals surface area contributed by atoms with E-state index in [0.29, 0.717) is 5.88 Å². The average molecular weight is 250 g/mol. The fourth-order valence-electron chi connectivity index (χ4n) is 1.00. The first-order chi connectivity index (χ1) is 5.77. The average Bonchev–Trinajstić information content (AvgIpc) is 2.07. The molecule has 0 aliphatic rings. The van der Waals surface area contributed by atoms with Crippen LogP contribution in [-0.4, -0.2) is 17.6 Å².